The SMILES string of the molecule is CCOC(=O)N1CCC2(CC(N3CCC(N4CCC[C@H]4C(F)(F)F)CC3)C2)C1. The van der Waals surface area contributed by atoms with Crippen LogP contribution in [0.5, 0.6) is 0 Å². The van der Waals surface area contributed by atoms with Crippen LogP contribution in [0.25, 0.3) is 0 Å². The fourth-order valence-corrected chi connectivity index (χ4v) is 6.00. The highest BCUT2D eigenvalue weighted by atomic mass is 19.4. The highest BCUT2D eigenvalue weighted by Gasteiger charge is 2.52. The van der Waals surface area contributed by atoms with Gasteiger partial charge in [0.05, 0.1) is 6.61 Å². The van der Waals surface area contributed by atoms with Crippen LogP contribution >= 0.6 is 0 Å². The lowest BCUT2D eigenvalue weighted by Crippen LogP contribution is -2.57. The highest BCUT2D eigenvalue weighted by molar-refractivity contribution is 5.68. The molecule has 8 heteroatoms. The summed E-state index contributed by atoms with van der Waals surface area (Å²) < 4.78 is 44.9. The first kappa shape index (κ1) is 20.3. The zero-order valence-electron chi connectivity index (χ0n) is 16.7. The van der Waals surface area contributed by atoms with E-state index in [2.05, 4.69) is 4.90 Å². The van der Waals surface area contributed by atoms with Crippen molar-refractivity contribution in [2.45, 2.75) is 76.2 Å². The van der Waals surface area contributed by atoms with Gasteiger partial charge < -0.3 is 14.5 Å². The Hall–Kier alpha value is -1.02. The number of halogens is 3. The van der Waals surface area contributed by atoms with Crippen LogP contribution in [0.4, 0.5) is 18.0 Å². The van der Waals surface area contributed by atoms with Gasteiger partial charge in [-0.05, 0) is 76.9 Å². The van der Waals surface area contributed by atoms with E-state index in [9.17, 15) is 18.0 Å². The van der Waals surface area contributed by atoms with Crippen LogP contribution in [0, 0.1) is 5.41 Å². The van der Waals surface area contributed by atoms with E-state index in [1.165, 1.54) is 0 Å². The van der Waals surface area contributed by atoms with Gasteiger partial charge in [-0.25, -0.2) is 4.79 Å². The second-order valence-electron chi connectivity index (χ2n) is 9.14. The third-order valence-electron chi connectivity index (χ3n) is 7.46. The molecule has 28 heavy (non-hydrogen) atoms. The maximum absolute atomic E-state index is 13.3. The smallest absolute Gasteiger partial charge is 0.409 e. The van der Waals surface area contributed by atoms with E-state index in [4.69, 9.17) is 4.74 Å². The third-order valence-corrected chi connectivity index (χ3v) is 7.46. The van der Waals surface area contributed by atoms with Crippen molar-refractivity contribution in [1.29, 1.82) is 0 Å². The van der Waals surface area contributed by atoms with Crippen molar-refractivity contribution < 1.29 is 22.7 Å². The molecule has 5 nitrogen and oxygen atoms in total. The second kappa shape index (κ2) is 7.67. The van der Waals surface area contributed by atoms with Gasteiger partial charge in [0.1, 0.15) is 6.04 Å². The van der Waals surface area contributed by atoms with Crippen LogP contribution in [-0.2, 0) is 4.74 Å². The Morgan fingerprint density at radius 2 is 1.79 bits per heavy atom. The molecule has 3 aliphatic heterocycles. The van der Waals surface area contributed by atoms with E-state index in [1.807, 2.05) is 11.8 Å². The molecule has 3 heterocycles. The van der Waals surface area contributed by atoms with Crippen molar-refractivity contribution in [2.24, 2.45) is 5.41 Å². The van der Waals surface area contributed by atoms with Gasteiger partial charge in [0.15, 0.2) is 0 Å². The van der Waals surface area contributed by atoms with Crippen LogP contribution in [0.3, 0.4) is 0 Å². The maximum atomic E-state index is 13.3. The maximum Gasteiger partial charge on any atom is 0.409 e. The molecule has 0 bridgehead atoms. The molecule has 1 atom stereocenters. The number of ether oxygens (including phenoxy) is 1. The first-order valence-corrected chi connectivity index (χ1v) is 10.8. The summed E-state index contributed by atoms with van der Waals surface area (Å²) in [5.41, 5.74) is 0.241. The molecule has 0 aromatic heterocycles. The van der Waals surface area contributed by atoms with Crippen LogP contribution in [0.15, 0.2) is 0 Å². The van der Waals surface area contributed by atoms with Crippen molar-refractivity contribution >= 4 is 6.09 Å². The van der Waals surface area contributed by atoms with Gasteiger partial charge in [-0.15, -0.1) is 0 Å². The van der Waals surface area contributed by atoms with Gasteiger partial charge in [0.2, 0.25) is 0 Å². The van der Waals surface area contributed by atoms with Crippen LogP contribution < -0.4 is 0 Å². The summed E-state index contributed by atoms with van der Waals surface area (Å²) in [6.45, 7) is 6.19. The minimum absolute atomic E-state index is 0.0743. The molecule has 0 aromatic carbocycles. The number of amides is 1. The number of likely N-dealkylation sites (tertiary alicyclic amines) is 3. The van der Waals surface area contributed by atoms with Gasteiger partial charge in [-0.3, -0.25) is 4.90 Å². The number of carbonyl (C=O) groups excluding carboxylic acids is 1. The Balaban J connectivity index is 1.24. The van der Waals surface area contributed by atoms with Crippen LogP contribution in [-0.4, -0.2) is 84.4 Å². The Labute approximate surface area is 165 Å². The van der Waals surface area contributed by atoms with Gasteiger partial charge >= 0.3 is 12.3 Å². The standard InChI is InChI=1S/C20H32F3N3O2/c1-2-28-18(27)25-11-7-19(14-25)12-16(13-19)24-9-5-15(6-10-24)26-8-3-4-17(26)20(21,22)23/h15-17H,2-14H2,1H3/t16?,17-,19?/m0/s1. The van der Waals surface area contributed by atoms with Crippen molar-refractivity contribution in [3.05, 3.63) is 0 Å². The van der Waals surface area contributed by atoms with Crippen molar-refractivity contribution in [1.82, 2.24) is 14.7 Å². The topological polar surface area (TPSA) is 36.0 Å². The lowest BCUT2D eigenvalue weighted by molar-refractivity contribution is -0.183. The minimum Gasteiger partial charge on any atom is -0.450 e. The molecule has 3 saturated heterocycles. The van der Waals surface area contributed by atoms with E-state index in [1.54, 1.807) is 4.90 Å². The monoisotopic (exact) mass is 403 g/mol. The molecular weight excluding hydrogens is 371 g/mol. The summed E-state index contributed by atoms with van der Waals surface area (Å²) >= 11 is 0. The zero-order valence-corrected chi connectivity index (χ0v) is 16.7. The van der Waals surface area contributed by atoms with E-state index in [0.29, 0.717) is 25.6 Å². The molecule has 4 fully saturated rings. The summed E-state index contributed by atoms with van der Waals surface area (Å²) in [5.74, 6) is 0. The number of hydrogen-bond donors (Lipinski definition) is 0. The first-order chi connectivity index (χ1) is 13.3. The van der Waals surface area contributed by atoms with E-state index < -0.39 is 12.2 Å². The number of hydrogen-bond acceptors (Lipinski definition) is 4. The number of carbonyl (C=O) groups is 1. The van der Waals surface area contributed by atoms with Gasteiger partial charge in [-0.2, -0.15) is 13.2 Å². The van der Waals surface area contributed by atoms with Gasteiger partial charge in [0.25, 0.3) is 0 Å². The fraction of sp³-hybridized carbons (Fsp3) is 0.950. The molecule has 1 spiro atoms. The Morgan fingerprint density at radius 3 is 2.43 bits per heavy atom. The quantitative estimate of drug-likeness (QED) is 0.723. The molecule has 4 aliphatic rings. The molecule has 0 aromatic rings. The second-order valence-corrected chi connectivity index (χ2v) is 9.14. The summed E-state index contributed by atoms with van der Waals surface area (Å²) in [5, 5.41) is 0. The molecule has 1 saturated carbocycles. The lowest BCUT2D eigenvalue weighted by Gasteiger charge is -2.52. The van der Waals surface area contributed by atoms with Crippen molar-refractivity contribution in [3.63, 3.8) is 0 Å². The minimum atomic E-state index is -4.10. The molecule has 0 radical (unpaired) electrons. The summed E-state index contributed by atoms with van der Waals surface area (Å²) in [4.78, 5) is 18.0. The molecular formula is C20H32F3N3O2. The summed E-state index contributed by atoms with van der Waals surface area (Å²) in [6.07, 6.45) is 1.54. The summed E-state index contributed by atoms with van der Waals surface area (Å²) in [7, 11) is 0. The lowest BCUT2D eigenvalue weighted by atomic mass is 9.64. The molecule has 4 rings (SSSR count). The molecule has 0 N–H and O–H groups in total. The van der Waals surface area contributed by atoms with Gasteiger partial charge in [0, 0.05) is 25.2 Å². The average Bonchev–Trinajstić information content (AvgIpc) is 3.28. The van der Waals surface area contributed by atoms with E-state index >= 15 is 0 Å². The van der Waals surface area contributed by atoms with Crippen molar-refractivity contribution in [3.8, 4) is 0 Å². The average molecular weight is 403 g/mol. The zero-order chi connectivity index (χ0) is 19.9. The predicted molar refractivity (Wildman–Crippen MR) is 99.0 cm³/mol. The summed E-state index contributed by atoms with van der Waals surface area (Å²) in [6, 6.07) is -0.631. The molecule has 160 valence electrons. The predicted octanol–water partition coefficient (Wildman–Crippen LogP) is 3.49. The molecule has 1 aliphatic carbocycles. The number of nitrogens with zero attached hydrogens (tertiary/aromatic N) is 3. The fourth-order valence-electron chi connectivity index (χ4n) is 6.00. The Morgan fingerprint density at radius 1 is 1.07 bits per heavy atom. The van der Waals surface area contributed by atoms with E-state index in [0.717, 1.165) is 58.3 Å². The number of alkyl halides is 3. The third kappa shape index (κ3) is 3.86. The highest BCUT2D eigenvalue weighted by Crippen LogP contribution is 2.50. The number of piperidine rings is 1. The largest absolute Gasteiger partial charge is 0.450 e. The molecule has 1 amide bonds. The van der Waals surface area contributed by atoms with E-state index in [-0.39, 0.29) is 24.0 Å². The van der Waals surface area contributed by atoms with Gasteiger partial charge in [-0.1, -0.05) is 0 Å². The normalized spacial score (nSPS) is 35.5. The Bertz CT molecular complexity index is 572. The Kier molecular flexibility index (Phi) is 5.55. The van der Waals surface area contributed by atoms with Crippen LogP contribution in [0.2, 0.25) is 0 Å². The van der Waals surface area contributed by atoms with Crippen LogP contribution in [0.1, 0.15) is 51.9 Å². The molecule has 0 unspecified atom stereocenters. The first-order valence-electron chi connectivity index (χ1n) is 10.8. The number of rotatable bonds is 3. The van der Waals surface area contributed by atoms with Crippen molar-refractivity contribution in [2.75, 3.05) is 39.3 Å².